The summed E-state index contributed by atoms with van der Waals surface area (Å²) in [5.41, 5.74) is 0.785. The van der Waals surface area contributed by atoms with Crippen molar-refractivity contribution in [3.8, 4) is 11.5 Å². The van der Waals surface area contributed by atoms with E-state index in [-0.39, 0.29) is 17.8 Å². The van der Waals surface area contributed by atoms with Crippen LogP contribution in [0, 0.1) is 0 Å². The van der Waals surface area contributed by atoms with Crippen LogP contribution in [0.1, 0.15) is 39.2 Å². The molecule has 1 aliphatic carbocycles. The quantitative estimate of drug-likeness (QED) is 0.711. The third-order valence-corrected chi connectivity index (χ3v) is 5.51. The van der Waals surface area contributed by atoms with Gasteiger partial charge in [-0.05, 0) is 51.3 Å². The molecule has 2 rings (SSSR count). The highest BCUT2D eigenvalue weighted by Gasteiger charge is 2.32. The Balaban J connectivity index is 2.24. The van der Waals surface area contributed by atoms with Crippen LogP contribution in [0.4, 0.5) is 4.79 Å². The molecule has 140 valence electrons. The molecule has 0 spiro atoms. The van der Waals surface area contributed by atoms with Crippen molar-refractivity contribution >= 4 is 16.1 Å². The third-order valence-electron chi connectivity index (χ3n) is 3.94. The summed E-state index contributed by atoms with van der Waals surface area (Å²) in [6.45, 7) is 5.93. The smallest absolute Gasteiger partial charge is 0.317 e. The normalized spacial score (nSPS) is 14.3. The highest BCUT2D eigenvalue weighted by Crippen LogP contribution is 2.33. The first kappa shape index (κ1) is 19.4. The van der Waals surface area contributed by atoms with Crippen molar-refractivity contribution in [2.75, 3.05) is 13.7 Å². The number of carbonyl (C=O) groups is 1. The van der Waals surface area contributed by atoms with Crippen LogP contribution in [0.5, 0.6) is 11.5 Å². The van der Waals surface area contributed by atoms with Crippen LogP contribution in [0.3, 0.4) is 0 Å². The van der Waals surface area contributed by atoms with Gasteiger partial charge in [0, 0.05) is 19.1 Å². The molecule has 1 saturated carbocycles. The topological polar surface area (TPSA) is 84.9 Å². The lowest BCUT2D eigenvalue weighted by molar-refractivity contribution is 0.192. The average Bonchev–Trinajstić information content (AvgIpc) is 3.37. The summed E-state index contributed by atoms with van der Waals surface area (Å²) >= 11 is 0. The van der Waals surface area contributed by atoms with Gasteiger partial charge in [0.05, 0.1) is 12.4 Å². The zero-order valence-electron chi connectivity index (χ0n) is 15.1. The summed E-state index contributed by atoms with van der Waals surface area (Å²) in [4.78, 5) is 14.0. The number of nitrogens with zero attached hydrogens (tertiary/aromatic N) is 1. The predicted octanol–water partition coefficient (Wildman–Crippen LogP) is 2.51. The van der Waals surface area contributed by atoms with E-state index in [0.29, 0.717) is 18.8 Å². The van der Waals surface area contributed by atoms with Gasteiger partial charge < -0.3 is 19.1 Å². The van der Waals surface area contributed by atoms with Crippen molar-refractivity contribution in [1.82, 2.24) is 10.2 Å². The molecule has 1 N–H and O–H groups in total. The lowest BCUT2D eigenvalue weighted by Crippen LogP contribution is -2.40. The second-order valence-corrected chi connectivity index (χ2v) is 8.40. The summed E-state index contributed by atoms with van der Waals surface area (Å²) in [6, 6.07) is 5.20. The van der Waals surface area contributed by atoms with Crippen LogP contribution in [0.25, 0.3) is 0 Å². The maximum absolute atomic E-state index is 12.2. The summed E-state index contributed by atoms with van der Waals surface area (Å²) in [7, 11) is -2.28. The summed E-state index contributed by atoms with van der Waals surface area (Å²) in [6.07, 6.45) is 1.97. The van der Waals surface area contributed by atoms with Gasteiger partial charge in [-0.15, -0.1) is 0 Å². The number of hydrogen-bond acceptors (Lipinski definition) is 5. The van der Waals surface area contributed by atoms with E-state index >= 15 is 0 Å². The van der Waals surface area contributed by atoms with E-state index in [0.717, 1.165) is 18.4 Å². The van der Waals surface area contributed by atoms with Gasteiger partial charge in [0.1, 0.15) is 0 Å². The number of amides is 2. The molecule has 1 aromatic rings. The van der Waals surface area contributed by atoms with E-state index in [9.17, 15) is 13.2 Å². The first-order valence-electron chi connectivity index (χ1n) is 8.43. The molecule has 0 aliphatic heterocycles. The van der Waals surface area contributed by atoms with Crippen LogP contribution in [-0.2, 0) is 16.7 Å². The van der Waals surface area contributed by atoms with E-state index < -0.39 is 15.4 Å². The summed E-state index contributed by atoms with van der Waals surface area (Å²) in [5, 5.41) is 2.15. The van der Waals surface area contributed by atoms with E-state index in [1.807, 2.05) is 13.0 Å². The van der Waals surface area contributed by atoms with E-state index in [4.69, 9.17) is 8.92 Å². The second-order valence-electron chi connectivity index (χ2n) is 6.30. The zero-order valence-corrected chi connectivity index (χ0v) is 15.9. The van der Waals surface area contributed by atoms with Crippen molar-refractivity contribution < 1.29 is 22.1 Å². The summed E-state index contributed by atoms with van der Waals surface area (Å²) < 4.78 is 34.5. The Labute approximate surface area is 149 Å². The molecule has 1 aliphatic rings. The van der Waals surface area contributed by atoms with E-state index in [2.05, 4.69) is 5.32 Å². The first-order chi connectivity index (χ1) is 11.8. The van der Waals surface area contributed by atoms with Gasteiger partial charge in [-0.1, -0.05) is 6.07 Å². The monoisotopic (exact) mass is 370 g/mol. The van der Waals surface area contributed by atoms with Crippen LogP contribution in [-0.4, -0.2) is 44.3 Å². The maximum Gasteiger partial charge on any atom is 0.317 e. The highest BCUT2D eigenvalue weighted by atomic mass is 32.2. The second kappa shape index (κ2) is 7.95. The van der Waals surface area contributed by atoms with Gasteiger partial charge in [0.25, 0.3) is 0 Å². The molecule has 1 aromatic carbocycles. The molecule has 0 saturated heterocycles. The largest absolute Gasteiger partial charge is 0.493 e. The van der Waals surface area contributed by atoms with Gasteiger partial charge in [-0.2, -0.15) is 8.42 Å². The van der Waals surface area contributed by atoms with Crippen LogP contribution in [0.2, 0.25) is 0 Å². The zero-order chi connectivity index (χ0) is 18.6. The van der Waals surface area contributed by atoms with E-state index in [1.165, 1.54) is 7.11 Å². The highest BCUT2D eigenvalue weighted by molar-refractivity contribution is 7.87. The minimum atomic E-state index is -3.73. The van der Waals surface area contributed by atoms with Gasteiger partial charge in [0.2, 0.25) is 0 Å². The Morgan fingerprint density at radius 1 is 1.32 bits per heavy atom. The number of methoxy groups -OCH3 is 1. The third kappa shape index (κ3) is 5.01. The van der Waals surface area contributed by atoms with Crippen molar-refractivity contribution in [1.29, 1.82) is 0 Å². The van der Waals surface area contributed by atoms with Crippen LogP contribution >= 0.6 is 0 Å². The molecule has 7 nitrogen and oxygen atoms in total. The number of benzene rings is 1. The molecule has 25 heavy (non-hydrogen) atoms. The molecule has 0 bridgehead atoms. The van der Waals surface area contributed by atoms with Crippen LogP contribution < -0.4 is 14.2 Å². The standard InChI is InChI=1S/C17H26N2O5S/c1-5-18-17(20)19(14-7-8-14)11-13-6-9-15(23-4)16(10-13)24-25(21,22)12(2)3/h6,9-10,12,14H,5,7-8,11H2,1-4H3,(H,18,20). The fourth-order valence-corrected chi connectivity index (χ4v) is 2.88. The molecule has 0 unspecified atom stereocenters. The van der Waals surface area contributed by atoms with Gasteiger partial charge in [-0.25, -0.2) is 4.79 Å². The van der Waals surface area contributed by atoms with Crippen molar-refractivity contribution in [2.45, 2.75) is 51.4 Å². The van der Waals surface area contributed by atoms with Gasteiger partial charge >= 0.3 is 16.1 Å². The fourth-order valence-electron chi connectivity index (χ4n) is 2.31. The van der Waals surface area contributed by atoms with Crippen molar-refractivity contribution in [3.05, 3.63) is 23.8 Å². The minimum Gasteiger partial charge on any atom is -0.493 e. The number of rotatable bonds is 8. The van der Waals surface area contributed by atoms with Crippen molar-refractivity contribution in [3.63, 3.8) is 0 Å². The molecule has 2 amide bonds. The van der Waals surface area contributed by atoms with Gasteiger partial charge in [0.15, 0.2) is 11.5 Å². The molecule has 0 aromatic heterocycles. The van der Waals surface area contributed by atoms with Gasteiger partial charge in [-0.3, -0.25) is 0 Å². The number of nitrogens with one attached hydrogen (secondary N) is 1. The Hall–Kier alpha value is -1.96. The number of carbonyl (C=O) groups excluding carboxylic acids is 1. The molecule has 1 fully saturated rings. The lowest BCUT2D eigenvalue weighted by Gasteiger charge is -2.23. The Morgan fingerprint density at radius 3 is 2.52 bits per heavy atom. The Kier molecular flexibility index (Phi) is 6.16. The number of urea groups is 1. The molecule has 0 heterocycles. The molecular formula is C17H26N2O5S. The van der Waals surface area contributed by atoms with Crippen molar-refractivity contribution in [2.24, 2.45) is 0 Å². The number of ether oxygens (including phenoxy) is 1. The number of hydrogen-bond donors (Lipinski definition) is 1. The lowest BCUT2D eigenvalue weighted by atomic mass is 10.2. The minimum absolute atomic E-state index is 0.113. The molecular weight excluding hydrogens is 344 g/mol. The molecule has 0 atom stereocenters. The first-order valence-corrected chi connectivity index (χ1v) is 9.90. The van der Waals surface area contributed by atoms with Crippen LogP contribution in [0.15, 0.2) is 18.2 Å². The Bertz CT molecular complexity index is 714. The van der Waals surface area contributed by atoms with E-state index in [1.54, 1.807) is 30.9 Å². The molecule has 0 radical (unpaired) electrons. The average molecular weight is 370 g/mol. The Morgan fingerprint density at radius 2 is 2.00 bits per heavy atom. The predicted molar refractivity (Wildman–Crippen MR) is 95.3 cm³/mol. The molecule has 8 heteroatoms. The summed E-state index contributed by atoms with van der Waals surface area (Å²) in [5.74, 6) is 0.476. The maximum atomic E-state index is 12.2. The fraction of sp³-hybridized carbons (Fsp3) is 0.588. The SMILES string of the molecule is CCNC(=O)N(Cc1ccc(OC)c(OS(=O)(=O)C(C)C)c1)C1CC1.